The lowest BCUT2D eigenvalue weighted by molar-refractivity contribution is 0.110. The monoisotopic (exact) mass is 242 g/mol. The summed E-state index contributed by atoms with van der Waals surface area (Å²) in [6.07, 6.45) is 3.10. The van der Waals surface area contributed by atoms with Crippen molar-refractivity contribution in [2.75, 3.05) is 26.2 Å². The third-order valence-electron chi connectivity index (χ3n) is 3.52. The van der Waals surface area contributed by atoms with Crippen molar-refractivity contribution < 1.29 is 5.11 Å². The molecular weight excluding hydrogens is 212 g/mol. The highest BCUT2D eigenvalue weighted by molar-refractivity contribution is 4.78. The van der Waals surface area contributed by atoms with Crippen molar-refractivity contribution >= 4 is 0 Å². The van der Waals surface area contributed by atoms with E-state index in [-0.39, 0.29) is 11.5 Å². The van der Waals surface area contributed by atoms with Crippen molar-refractivity contribution in [2.45, 2.75) is 59.1 Å². The molecule has 102 valence electrons. The van der Waals surface area contributed by atoms with Gasteiger partial charge < -0.3 is 15.3 Å². The topological polar surface area (TPSA) is 35.5 Å². The van der Waals surface area contributed by atoms with Gasteiger partial charge in [0.25, 0.3) is 0 Å². The van der Waals surface area contributed by atoms with Crippen molar-refractivity contribution in [1.29, 1.82) is 0 Å². The summed E-state index contributed by atoms with van der Waals surface area (Å²) in [6, 6.07) is 0.604. The van der Waals surface area contributed by atoms with Crippen LogP contribution in [0.4, 0.5) is 0 Å². The van der Waals surface area contributed by atoms with E-state index in [0.717, 1.165) is 13.0 Å². The predicted molar refractivity (Wildman–Crippen MR) is 73.2 cm³/mol. The summed E-state index contributed by atoms with van der Waals surface area (Å²) < 4.78 is 0. The molecule has 1 heterocycles. The largest absolute Gasteiger partial charge is 0.392 e. The molecule has 0 aromatic heterocycles. The van der Waals surface area contributed by atoms with Crippen LogP contribution in [0.2, 0.25) is 0 Å². The van der Waals surface area contributed by atoms with Gasteiger partial charge in [-0.05, 0) is 44.3 Å². The second-order valence-electron chi connectivity index (χ2n) is 6.54. The fourth-order valence-corrected chi connectivity index (χ4v) is 2.54. The number of hydrogen-bond donors (Lipinski definition) is 2. The van der Waals surface area contributed by atoms with Gasteiger partial charge in [0.1, 0.15) is 0 Å². The lowest BCUT2D eigenvalue weighted by Crippen LogP contribution is -2.44. The molecule has 2 N–H and O–H groups in total. The van der Waals surface area contributed by atoms with E-state index < -0.39 is 0 Å². The van der Waals surface area contributed by atoms with Gasteiger partial charge in [-0.2, -0.15) is 0 Å². The van der Waals surface area contributed by atoms with Gasteiger partial charge in [0.05, 0.1) is 6.10 Å². The van der Waals surface area contributed by atoms with E-state index in [4.69, 9.17) is 0 Å². The van der Waals surface area contributed by atoms with Crippen molar-refractivity contribution in [1.82, 2.24) is 10.2 Å². The first-order chi connectivity index (χ1) is 7.90. The quantitative estimate of drug-likeness (QED) is 0.772. The minimum atomic E-state index is -0.209. The molecule has 0 bridgehead atoms. The molecule has 0 radical (unpaired) electrons. The fraction of sp³-hybridized carbons (Fsp3) is 1.00. The highest BCUT2D eigenvalue weighted by Crippen LogP contribution is 2.20. The second-order valence-corrected chi connectivity index (χ2v) is 6.54. The Hall–Kier alpha value is -0.120. The van der Waals surface area contributed by atoms with E-state index in [1.54, 1.807) is 0 Å². The van der Waals surface area contributed by atoms with Crippen LogP contribution in [-0.2, 0) is 0 Å². The van der Waals surface area contributed by atoms with Crippen LogP contribution in [0.3, 0.4) is 0 Å². The molecule has 1 atom stereocenters. The summed E-state index contributed by atoms with van der Waals surface area (Å²) in [4.78, 5) is 2.49. The van der Waals surface area contributed by atoms with E-state index in [0.29, 0.717) is 6.04 Å². The minimum Gasteiger partial charge on any atom is -0.392 e. The SMILES string of the molecule is CCN1CCC(NCC(O)CC(C)(C)C)CC1. The van der Waals surface area contributed by atoms with Crippen LogP contribution >= 0.6 is 0 Å². The summed E-state index contributed by atoms with van der Waals surface area (Å²) in [7, 11) is 0. The summed E-state index contributed by atoms with van der Waals surface area (Å²) in [5.74, 6) is 0. The van der Waals surface area contributed by atoms with Gasteiger partial charge in [-0.15, -0.1) is 0 Å². The molecule has 1 fully saturated rings. The molecule has 3 heteroatoms. The number of aliphatic hydroxyl groups excluding tert-OH is 1. The second kappa shape index (κ2) is 6.72. The Morgan fingerprint density at radius 1 is 1.29 bits per heavy atom. The Balaban J connectivity index is 2.15. The Morgan fingerprint density at radius 2 is 1.88 bits per heavy atom. The van der Waals surface area contributed by atoms with Crippen LogP contribution in [0.25, 0.3) is 0 Å². The number of nitrogens with zero attached hydrogens (tertiary/aromatic N) is 1. The van der Waals surface area contributed by atoms with Crippen molar-refractivity contribution in [2.24, 2.45) is 5.41 Å². The highest BCUT2D eigenvalue weighted by Gasteiger charge is 2.20. The van der Waals surface area contributed by atoms with Gasteiger partial charge in [-0.3, -0.25) is 0 Å². The number of piperidine rings is 1. The third-order valence-corrected chi connectivity index (χ3v) is 3.52. The predicted octanol–water partition coefficient (Wildman–Crippen LogP) is 1.86. The lowest BCUT2D eigenvalue weighted by atomic mass is 9.89. The van der Waals surface area contributed by atoms with Crippen molar-refractivity contribution in [3.05, 3.63) is 0 Å². The highest BCUT2D eigenvalue weighted by atomic mass is 16.3. The van der Waals surface area contributed by atoms with Crippen LogP contribution < -0.4 is 5.32 Å². The summed E-state index contributed by atoms with van der Waals surface area (Å²) in [5.41, 5.74) is 0.215. The maximum Gasteiger partial charge on any atom is 0.0669 e. The number of hydrogen-bond acceptors (Lipinski definition) is 3. The molecule has 0 amide bonds. The molecule has 1 unspecified atom stereocenters. The number of aliphatic hydroxyl groups is 1. The first-order valence-corrected chi connectivity index (χ1v) is 7.04. The standard InChI is InChI=1S/C14H30N2O/c1-5-16-8-6-12(7-9-16)15-11-13(17)10-14(2,3)4/h12-13,15,17H,5-11H2,1-4H3. The van der Waals surface area contributed by atoms with E-state index in [9.17, 15) is 5.11 Å². The molecule has 0 spiro atoms. The average Bonchev–Trinajstić information content (AvgIpc) is 2.25. The average molecular weight is 242 g/mol. The van der Waals surface area contributed by atoms with Gasteiger partial charge >= 0.3 is 0 Å². The summed E-state index contributed by atoms with van der Waals surface area (Å²) >= 11 is 0. The Kier molecular flexibility index (Phi) is 5.90. The van der Waals surface area contributed by atoms with Gasteiger partial charge in [-0.25, -0.2) is 0 Å². The molecule has 1 aliphatic heterocycles. The Morgan fingerprint density at radius 3 is 2.35 bits per heavy atom. The van der Waals surface area contributed by atoms with Crippen LogP contribution in [0.5, 0.6) is 0 Å². The summed E-state index contributed by atoms with van der Waals surface area (Å²) in [6.45, 7) is 13.1. The zero-order chi connectivity index (χ0) is 12.9. The lowest BCUT2D eigenvalue weighted by Gasteiger charge is -2.32. The zero-order valence-corrected chi connectivity index (χ0v) is 12.0. The molecule has 0 aromatic carbocycles. The zero-order valence-electron chi connectivity index (χ0n) is 12.0. The van der Waals surface area contributed by atoms with E-state index in [1.807, 2.05) is 0 Å². The van der Waals surface area contributed by atoms with Crippen molar-refractivity contribution in [3.63, 3.8) is 0 Å². The molecular formula is C14H30N2O. The molecule has 1 aliphatic rings. The van der Waals surface area contributed by atoms with Gasteiger partial charge in [-0.1, -0.05) is 27.7 Å². The number of rotatable bonds is 5. The van der Waals surface area contributed by atoms with E-state index >= 15 is 0 Å². The maximum atomic E-state index is 9.94. The molecule has 0 aliphatic carbocycles. The molecule has 1 saturated heterocycles. The van der Waals surface area contributed by atoms with Crippen molar-refractivity contribution in [3.8, 4) is 0 Å². The summed E-state index contributed by atoms with van der Waals surface area (Å²) in [5, 5.41) is 13.5. The normalized spacial score (nSPS) is 21.7. The molecule has 0 aromatic rings. The van der Waals surface area contributed by atoms with Crippen LogP contribution in [-0.4, -0.2) is 48.3 Å². The van der Waals surface area contributed by atoms with E-state index in [1.165, 1.54) is 32.5 Å². The van der Waals surface area contributed by atoms with Gasteiger partial charge in [0.2, 0.25) is 0 Å². The number of nitrogens with one attached hydrogen (secondary N) is 1. The Bertz CT molecular complexity index is 205. The molecule has 0 saturated carbocycles. The Labute approximate surface area is 107 Å². The van der Waals surface area contributed by atoms with Gasteiger partial charge in [0, 0.05) is 12.6 Å². The number of likely N-dealkylation sites (tertiary alicyclic amines) is 1. The molecule has 1 rings (SSSR count). The first-order valence-electron chi connectivity index (χ1n) is 7.04. The maximum absolute atomic E-state index is 9.94. The molecule has 17 heavy (non-hydrogen) atoms. The molecule has 3 nitrogen and oxygen atoms in total. The first kappa shape index (κ1) is 14.9. The van der Waals surface area contributed by atoms with Crippen LogP contribution in [0.15, 0.2) is 0 Å². The fourth-order valence-electron chi connectivity index (χ4n) is 2.54. The van der Waals surface area contributed by atoms with E-state index in [2.05, 4.69) is 37.9 Å². The third kappa shape index (κ3) is 6.39. The smallest absolute Gasteiger partial charge is 0.0669 e. The van der Waals surface area contributed by atoms with Crippen LogP contribution in [0, 0.1) is 5.41 Å². The minimum absolute atomic E-state index is 0.209. The van der Waals surface area contributed by atoms with Crippen LogP contribution in [0.1, 0.15) is 47.0 Å². The van der Waals surface area contributed by atoms with Gasteiger partial charge in [0.15, 0.2) is 0 Å².